The van der Waals surface area contributed by atoms with E-state index in [1.165, 1.54) is 4.43 Å². The Hall–Kier alpha value is -0.100. The topological polar surface area (TPSA) is 29.9 Å². The van der Waals surface area contributed by atoms with Crippen LogP contribution in [0.1, 0.15) is 19.7 Å². The number of halogens is 1. The van der Waals surface area contributed by atoms with Gasteiger partial charge in [-0.1, -0.05) is 36.4 Å². The van der Waals surface area contributed by atoms with E-state index in [4.69, 9.17) is 0 Å². The predicted octanol–water partition coefficient (Wildman–Crippen LogP) is 2.24. The maximum absolute atomic E-state index is 4.20. The summed E-state index contributed by atoms with van der Waals surface area (Å²) in [4.78, 5) is 4.20. The fourth-order valence-corrected chi connectivity index (χ4v) is 2.81. The van der Waals surface area contributed by atoms with E-state index in [0.717, 1.165) is 18.9 Å². The van der Waals surface area contributed by atoms with Gasteiger partial charge in [-0.25, -0.2) is 4.98 Å². The highest BCUT2D eigenvalue weighted by molar-refractivity contribution is 14.1. The van der Waals surface area contributed by atoms with Crippen LogP contribution in [0.4, 0.5) is 0 Å². The smallest absolute Gasteiger partial charge is 0.105 e. The minimum atomic E-state index is 0.620. The van der Waals surface area contributed by atoms with Gasteiger partial charge in [-0.15, -0.1) is 0 Å². The number of alkyl halides is 1. The summed E-state index contributed by atoms with van der Waals surface area (Å²) < 4.78 is 3.34. The van der Waals surface area contributed by atoms with Gasteiger partial charge in [-0.05, 0) is 12.8 Å². The lowest BCUT2D eigenvalue weighted by Crippen LogP contribution is -2.37. The van der Waals surface area contributed by atoms with Crippen molar-refractivity contribution in [1.29, 1.82) is 0 Å². The predicted molar refractivity (Wildman–Crippen MR) is 72.5 cm³/mol. The van der Waals surface area contributed by atoms with Gasteiger partial charge in [0.1, 0.15) is 5.82 Å². The molecule has 86 valence electrons. The first-order valence-corrected chi connectivity index (χ1v) is 6.94. The zero-order valence-corrected chi connectivity index (χ0v) is 11.9. The molecule has 0 amide bonds. The quantitative estimate of drug-likeness (QED) is 0.643. The highest BCUT2D eigenvalue weighted by Gasteiger charge is 2.10. The third kappa shape index (κ3) is 4.10. The van der Waals surface area contributed by atoms with Gasteiger partial charge in [0.2, 0.25) is 0 Å². The Morgan fingerprint density at radius 3 is 2.73 bits per heavy atom. The number of rotatable bonds is 6. The first kappa shape index (κ1) is 13.0. The van der Waals surface area contributed by atoms with E-state index < -0.39 is 0 Å². The van der Waals surface area contributed by atoms with Crippen LogP contribution in [0, 0.1) is 12.8 Å². The van der Waals surface area contributed by atoms with Gasteiger partial charge in [-0.2, -0.15) is 0 Å². The Morgan fingerprint density at radius 2 is 2.27 bits per heavy atom. The molecule has 0 saturated carbocycles. The first-order chi connectivity index (χ1) is 7.15. The molecule has 0 radical (unpaired) electrons. The second kappa shape index (κ2) is 6.48. The maximum atomic E-state index is 4.20. The maximum Gasteiger partial charge on any atom is 0.105 e. The second-order valence-electron chi connectivity index (χ2n) is 4.13. The average molecular weight is 321 g/mol. The Kier molecular flexibility index (Phi) is 5.60. The summed E-state index contributed by atoms with van der Waals surface area (Å²) in [5.74, 6) is 1.79. The molecule has 3 nitrogen and oxygen atoms in total. The lowest BCUT2D eigenvalue weighted by atomic mass is 10.1. The molecular weight excluding hydrogens is 301 g/mol. The van der Waals surface area contributed by atoms with Crippen LogP contribution < -0.4 is 5.32 Å². The Labute approximate surface area is 106 Å². The zero-order valence-electron chi connectivity index (χ0n) is 9.70. The molecule has 1 atom stereocenters. The minimum Gasteiger partial charge on any atom is -0.334 e. The molecule has 0 aliphatic heterocycles. The molecule has 1 aromatic rings. The molecule has 1 aromatic heterocycles. The van der Waals surface area contributed by atoms with E-state index in [2.05, 4.69) is 51.3 Å². The normalized spacial score (nSPS) is 13.4. The molecule has 4 heteroatoms. The zero-order chi connectivity index (χ0) is 11.3. The number of nitrogens with zero attached hydrogens (tertiary/aromatic N) is 2. The van der Waals surface area contributed by atoms with Gasteiger partial charge < -0.3 is 9.88 Å². The van der Waals surface area contributed by atoms with Crippen molar-refractivity contribution in [3.8, 4) is 0 Å². The fraction of sp³-hybridized carbons (Fsp3) is 0.727. The van der Waals surface area contributed by atoms with Crippen LogP contribution in [-0.4, -0.2) is 26.6 Å². The van der Waals surface area contributed by atoms with Crippen LogP contribution in [0.15, 0.2) is 12.4 Å². The van der Waals surface area contributed by atoms with E-state index in [1.807, 2.05) is 19.3 Å². The van der Waals surface area contributed by atoms with Gasteiger partial charge in [0.05, 0.1) is 0 Å². The minimum absolute atomic E-state index is 0.620. The summed E-state index contributed by atoms with van der Waals surface area (Å²) in [6.07, 6.45) is 3.89. The van der Waals surface area contributed by atoms with E-state index >= 15 is 0 Å². The third-order valence-corrected chi connectivity index (χ3v) is 3.60. The molecular formula is C11H20IN3. The standard InChI is InChI=1S/C11H20IN3/c1-9(2)11(8-12)14-5-7-15-6-4-13-10(15)3/h4,6,9,11,14H,5,7-8H2,1-3H3. The number of aryl methyl sites for hydroxylation is 1. The number of imidazole rings is 1. The largest absolute Gasteiger partial charge is 0.334 e. The van der Waals surface area contributed by atoms with Gasteiger partial charge in [0, 0.05) is 36.0 Å². The van der Waals surface area contributed by atoms with Crippen LogP contribution in [0.25, 0.3) is 0 Å². The van der Waals surface area contributed by atoms with Crippen LogP contribution in [-0.2, 0) is 6.54 Å². The van der Waals surface area contributed by atoms with Gasteiger partial charge in [0.25, 0.3) is 0 Å². The SMILES string of the molecule is Cc1nccn1CCNC(CI)C(C)C. The lowest BCUT2D eigenvalue weighted by Gasteiger charge is -2.20. The summed E-state index contributed by atoms with van der Waals surface area (Å²) in [6.45, 7) is 8.59. The summed E-state index contributed by atoms with van der Waals surface area (Å²) in [5, 5.41) is 3.58. The van der Waals surface area contributed by atoms with Crippen LogP contribution >= 0.6 is 22.6 Å². The summed E-state index contributed by atoms with van der Waals surface area (Å²) in [7, 11) is 0. The number of hydrogen-bond donors (Lipinski definition) is 1. The summed E-state index contributed by atoms with van der Waals surface area (Å²) in [6, 6.07) is 0.620. The molecule has 15 heavy (non-hydrogen) atoms. The average Bonchev–Trinajstić information content (AvgIpc) is 2.58. The van der Waals surface area contributed by atoms with Gasteiger partial charge >= 0.3 is 0 Å². The van der Waals surface area contributed by atoms with Crippen molar-refractivity contribution in [1.82, 2.24) is 14.9 Å². The third-order valence-electron chi connectivity index (χ3n) is 2.65. The van der Waals surface area contributed by atoms with Crippen LogP contribution in [0.3, 0.4) is 0 Å². The highest BCUT2D eigenvalue weighted by atomic mass is 127. The molecule has 1 unspecified atom stereocenters. The highest BCUT2D eigenvalue weighted by Crippen LogP contribution is 2.04. The molecule has 0 bridgehead atoms. The van der Waals surface area contributed by atoms with Crippen molar-refractivity contribution in [3.05, 3.63) is 18.2 Å². The molecule has 0 aromatic carbocycles. The molecule has 0 spiro atoms. The van der Waals surface area contributed by atoms with E-state index in [1.54, 1.807) is 0 Å². The van der Waals surface area contributed by atoms with Crippen molar-refractivity contribution >= 4 is 22.6 Å². The monoisotopic (exact) mass is 321 g/mol. The van der Waals surface area contributed by atoms with Crippen molar-refractivity contribution in [3.63, 3.8) is 0 Å². The molecule has 1 N–H and O–H groups in total. The fourth-order valence-electron chi connectivity index (χ4n) is 1.48. The van der Waals surface area contributed by atoms with Crippen LogP contribution in [0.5, 0.6) is 0 Å². The summed E-state index contributed by atoms with van der Waals surface area (Å²) in [5.41, 5.74) is 0. The molecule has 0 aliphatic rings. The number of aromatic nitrogens is 2. The van der Waals surface area contributed by atoms with Crippen molar-refractivity contribution in [2.75, 3.05) is 11.0 Å². The van der Waals surface area contributed by atoms with E-state index in [0.29, 0.717) is 12.0 Å². The number of hydrogen-bond acceptors (Lipinski definition) is 2. The van der Waals surface area contributed by atoms with Gasteiger partial charge in [-0.3, -0.25) is 0 Å². The van der Waals surface area contributed by atoms with E-state index in [9.17, 15) is 0 Å². The van der Waals surface area contributed by atoms with Crippen molar-refractivity contribution < 1.29 is 0 Å². The number of nitrogens with one attached hydrogen (secondary N) is 1. The summed E-state index contributed by atoms with van der Waals surface area (Å²) >= 11 is 2.44. The molecule has 0 saturated heterocycles. The van der Waals surface area contributed by atoms with Crippen molar-refractivity contribution in [2.24, 2.45) is 5.92 Å². The molecule has 0 aliphatic carbocycles. The van der Waals surface area contributed by atoms with E-state index in [-0.39, 0.29) is 0 Å². The second-order valence-corrected chi connectivity index (χ2v) is 5.01. The molecule has 0 fully saturated rings. The lowest BCUT2D eigenvalue weighted by molar-refractivity contribution is 0.425. The molecule has 1 rings (SSSR count). The Bertz CT molecular complexity index is 283. The van der Waals surface area contributed by atoms with Crippen LogP contribution in [0.2, 0.25) is 0 Å². The Balaban J connectivity index is 2.29. The molecule has 1 heterocycles. The van der Waals surface area contributed by atoms with Crippen molar-refractivity contribution in [2.45, 2.75) is 33.4 Å². The first-order valence-electron chi connectivity index (χ1n) is 5.42. The Morgan fingerprint density at radius 1 is 1.53 bits per heavy atom. The van der Waals surface area contributed by atoms with Gasteiger partial charge in [0.15, 0.2) is 0 Å².